The van der Waals surface area contributed by atoms with Gasteiger partial charge in [-0.3, -0.25) is 9.69 Å². The molecule has 1 saturated heterocycles. The normalized spacial score (nSPS) is 25.3. The standard InChI is InChI=1S/C23H31N3O2S/c1-15-11-21(15)22-6-5-20(28-22)13-26(19-3-4-19)23(27)17-7-9-25(10-8-17)12-18-14-29-16(2)24-18/h5-6,14-15,17,19,21H,3-4,7-13H2,1-2H3. The van der Waals surface area contributed by atoms with E-state index in [4.69, 9.17) is 4.42 Å². The van der Waals surface area contributed by atoms with E-state index in [0.29, 0.717) is 24.4 Å². The third kappa shape index (κ3) is 4.43. The molecule has 2 aromatic rings. The Hall–Kier alpha value is -1.66. The van der Waals surface area contributed by atoms with Gasteiger partial charge in [0.25, 0.3) is 0 Å². The fraction of sp³-hybridized carbons (Fsp3) is 0.652. The van der Waals surface area contributed by atoms with Crippen molar-refractivity contribution < 1.29 is 9.21 Å². The molecule has 2 unspecified atom stereocenters. The molecule has 0 bridgehead atoms. The highest BCUT2D eigenvalue weighted by Crippen LogP contribution is 2.47. The van der Waals surface area contributed by atoms with Gasteiger partial charge in [-0.15, -0.1) is 11.3 Å². The third-order valence-corrected chi connectivity index (χ3v) is 7.57. The summed E-state index contributed by atoms with van der Waals surface area (Å²) in [6.07, 6.45) is 5.42. The molecule has 2 saturated carbocycles. The molecule has 29 heavy (non-hydrogen) atoms. The molecule has 0 N–H and O–H groups in total. The number of aryl methyl sites for hydroxylation is 1. The molecular weight excluding hydrogens is 382 g/mol. The minimum absolute atomic E-state index is 0.155. The quantitative estimate of drug-likeness (QED) is 0.667. The molecular formula is C23H31N3O2S. The van der Waals surface area contributed by atoms with E-state index in [2.05, 4.69) is 46.1 Å². The first kappa shape index (κ1) is 19.3. The van der Waals surface area contributed by atoms with E-state index < -0.39 is 0 Å². The first-order valence-corrected chi connectivity index (χ1v) is 12.0. The summed E-state index contributed by atoms with van der Waals surface area (Å²) in [4.78, 5) is 22.4. The lowest BCUT2D eigenvalue weighted by atomic mass is 9.95. The highest BCUT2D eigenvalue weighted by molar-refractivity contribution is 7.09. The predicted molar refractivity (Wildman–Crippen MR) is 114 cm³/mol. The van der Waals surface area contributed by atoms with Gasteiger partial charge in [-0.1, -0.05) is 6.92 Å². The molecule has 0 spiro atoms. The van der Waals surface area contributed by atoms with Crippen molar-refractivity contribution in [1.82, 2.24) is 14.8 Å². The number of amides is 1. The van der Waals surface area contributed by atoms with Crippen molar-refractivity contribution in [1.29, 1.82) is 0 Å². The predicted octanol–water partition coefficient (Wildman–Crippen LogP) is 4.57. The van der Waals surface area contributed by atoms with Gasteiger partial charge in [-0.05, 0) is 70.2 Å². The molecule has 0 aromatic carbocycles. The van der Waals surface area contributed by atoms with Crippen LogP contribution in [0.25, 0.3) is 0 Å². The van der Waals surface area contributed by atoms with Gasteiger partial charge >= 0.3 is 0 Å². The SMILES string of the molecule is Cc1nc(CN2CCC(C(=O)N(Cc3ccc(C4CC4C)o3)C3CC3)CC2)cs1. The van der Waals surface area contributed by atoms with Crippen LogP contribution in [0.3, 0.4) is 0 Å². The molecule has 5 rings (SSSR count). The van der Waals surface area contributed by atoms with Crippen molar-refractivity contribution in [3.05, 3.63) is 39.7 Å². The maximum Gasteiger partial charge on any atom is 0.226 e. The average molecular weight is 414 g/mol. The van der Waals surface area contributed by atoms with Gasteiger partial charge in [0.15, 0.2) is 0 Å². The first-order chi connectivity index (χ1) is 14.1. The number of hydrogen-bond acceptors (Lipinski definition) is 5. The van der Waals surface area contributed by atoms with Crippen molar-refractivity contribution in [2.45, 2.75) is 71.0 Å². The number of aromatic nitrogens is 1. The Balaban J connectivity index is 1.17. The summed E-state index contributed by atoms with van der Waals surface area (Å²) in [7, 11) is 0. The maximum absolute atomic E-state index is 13.3. The van der Waals surface area contributed by atoms with Gasteiger partial charge < -0.3 is 9.32 Å². The first-order valence-electron chi connectivity index (χ1n) is 11.1. The van der Waals surface area contributed by atoms with Gasteiger partial charge in [0, 0.05) is 29.8 Å². The molecule has 2 atom stereocenters. The number of piperidine rings is 1. The largest absolute Gasteiger partial charge is 0.464 e. The fourth-order valence-corrected chi connectivity index (χ4v) is 5.22. The van der Waals surface area contributed by atoms with Crippen molar-refractivity contribution >= 4 is 17.2 Å². The van der Waals surface area contributed by atoms with Crippen LogP contribution >= 0.6 is 11.3 Å². The van der Waals surface area contributed by atoms with Gasteiger partial charge in [-0.2, -0.15) is 0 Å². The van der Waals surface area contributed by atoms with Gasteiger partial charge in [-0.25, -0.2) is 4.98 Å². The molecule has 1 amide bonds. The molecule has 2 aliphatic carbocycles. The Morgan fingerprint density at radius 3 is 2.66 bits per heavy atom. The lowest BCUT2D eigenvalue weighted by Gasteiger charge is -2.34. The number of furan rings is 1. The highest BCUT2D eigenvalue weighted by atomic mass is 32.1. The number of rotatable bonds is 7. The van der Waals surface area contributed by atoms with E-state index in [1.165, 1.54) is 6.42 Å². The summed E-state index contributed by atoms with van der Waals surface area (Å²) in [5.41, 5.74) is 1.16. The molecule has 6 heteroatoms. The van der Waals surface area contributed by atoms with Gasteiger partial charge in [0.05, 0.1) is 17.2 Å². The lowest BCUT2D eigenvalue weighted by molar-refractivity contribution is -0.138. The topological polar surface area (TPSA) is 49.6 Å². The molecule has 3 heterocycles. The summed E-state index contributed by atoms with van der Waals surface area (Å²) < 4.78 is 6.10. The second kappa shape index (κ2) is 7.88. The van der Waals surface area contributed by atoms with Crippen LogP contribution in [0, 0.1) is 18.8 Å². The maximum atomic E-state index is 13.3. The van der Waals surface area contributed by atoms with E-state index >= 15 is 0 Å². The third-order valence-electron chi connectivity index (χ3n) is 6.74. The minimum atomic E-state index is 0.155. The minimum Gasteiger partial charge on any atom is -0.464 e. The molecule has 3 aliphatic rings. The van der Waals surface area contributed by atoms with E-state index in [1.807, 2.05) is 0 Å². The van der Waals surface area contributed by atoms with E-state index in [0.717, 1.165) is 73.5 Å². The van der Waals surface area contributed by atoms with E-state index in [9.17, 15) is 4.79 Å². The van der Waals surface area contributed by atoms with Gasteiger partial charge in [0.2, 0.25) is 5.91 Å². The zero-order valence-electron chi connectivity index (χ0n) is 17.5. The Bertz CT molecular complexity index is 863. The lowest BCUT2D eigenvalue weighted by Crippen LogP contribution is -2.43. The monoisotopic (exact) mass is 413 g/mol. The zero-order valence-corrected chi connectivity index (χ0v) is 18.3. The fourth-order valence-electron chi connectivity index (χ4n) is 4.62. The second-order valence-corrected chi connectivity index (χ2v) is 10.3. The van der Waals surface area contributed by atoms with Crippen LogP contribution in [0.2, 0.25) is 0 Å². The smallest absolute Gasteiger partial charge is 0.226 e. The summed E-state index contributed by atoms with van der Waals surface area (Å²) in [6.45, 7) is 7.84. The molecule has 1 aliphatic heterocycles. The Morgan fingerprint density at radius 2 is 2.03 bits per heavy atom. The van der Waals surface area contributed by atoms with Crippen LogP contribution in [-0.2, 0) is 17.9 Å². The van der Waals surface area contributed by atoms with Crippen LogP contribution in [0.5, 0.6) is 0 Å². The average Bonchev–Trinajstić information content (AvgIpc) is 3.60. The number of carbonyl (C=O) groups excluding carboxylic acids is 1. The van der Waals surface area contributed by atoms with Gasteiger partial charge in [0.1, 0.15) is 11.5 Å². The van der Waals surface area contributed by atoms with Crippen LogP contribution in [0.4, 0.5) is 0 Å². The summed E-state index contributed by atoms with van der Waals surface area (Å²) in [6, 6.07) is 4.63. The number of carbonyl (C=O) groups is 1. The van der Waals surface area contributed by atoms with Crippen molar-refractivity contribution in [3.8, 4) is 0 Å². The Kier molecular flexibility index (Phi) is 5.25. The number of hydrogen-bond donors (Lipinski definition) is 0. The molecule has 5 nitrogen and oxygen atoms in total. The molecule has 156 valence electrons. The van der Waals surface area contributed by atoms with Crippen molar-refractivity contribution in [2.75, 3.05) is 13.1 Å². The van der Waals surface area contributed by atoms with Crippen LogP contribution in [0.15, 0.2) is 21.9 Å². The molecule has 0 radical (unpaired) electrons. The van der Waals surface area contributed by atoms with Crippen molar-refractivity contribution in [2.24, 2.45) is 11.8 Å². The summed E-state index contributed by atoms with van der Waals surface area (Å²) in [5.74, 6) is 3.90. The van der Waals surface area contributed by atoms with Crippen LogP contribution in [-0.4, -0.2) is 39.8 Å². The zero-order chi connectivity index (χ0) is 20.0. The van der Waals surface area contributed by atoms with Crippen LogP contribution in [0.1, 0.15) is 67.2 Å². The summed E-state index contributed by atoms with van der Waals surface area (Å²) >= 11 is 1.71. The van der Waals surface area contributed by atoms with Crippen molar-refractivity contribution in [3.63, 3.8) is 0 Å². The Labute approximate surface area is 177 Å². The Morgan fingerprint density at radius 1 is 1.28 bits per heavy atom. The molecule has 3 fully saturated rings. The molecule has 2 aromatic heterocycles. The highest BCUT2D eigenvalue weighted by Gasteiger charge is 2.39. The van der Waals surface area contributed by atoms with Crippen LogP contribution < -0.4 is 0 Å². The number of thiazole rings is 1. The van der Waals surface area contributed by atoms with E-state index in [1.54, 1.807) is 11.3 Å². The number of likely N-dealkylation sites (tertiary alicyclic amines) is 1. The second-order valence-electron chi connectivity index (χ2n) is 9.23. The summed E-state index contributed by atoms with van der Waals surface area (Å²) in [5, 5.41) is 3.28. The van der Waals surface area contributed by atoms with E-state index in [-0.39, 0.29) is 5.92 Å². The number of nitrogens with zero attached hydrogens (tertiary/aromatic N) is 3.